The van der Waals surface area contributed by atoms with Crippen molar-refractivity contribution in [2.75, 3.05) is 5.32 Å². The number of hydrogen-bond donors (Lipinski definition) is 2. The number of anilines is 1. The molecule has 0 radical (unpaired) electrons. The van der Waals surface area contributed by atoms with Crippen molar-refractivity contribution in [3.8, 4) is 0 Å². The Hall–Kier alpha value is -1.62. The van der Waals surface area contributed by atoms with Gasteiger partial charge in [0.15, 0.2) is 5.65 Å². The molecule has 2 saturated carbocycles. The molecule has 2 fully saturated rings. The van der Waals surface area contributed by atoms with Crippen LogP contribution < -0.4 is 11.1 Å². The Balaban J connectivity index is 1.67. The van der Waals surface area contributed by atoms with E-state index in [2.05, 4.69) is 16.5 Å². The standard InChI is InChI=1S/C15H21N5/c16-11-4-5-12(8-11)18-15-9-13(10-2-1-3-10)19-14-6-7-17-20(14)15/h6-7,9-12,18H,1-5,8,16H2/t11-,12-/m1/s1. The zero-order valence-corrected chi connectivity index (χ0v) is 11.6. The lowest BCUT2D eigenvalue weighted by atomic mass is 9.83. The van der Waals surface area contributed by atoms with Crippen LogP contribution in [0.15, 0.2) is 18.3 Å². The number of nitrogens with one attached hydrogen (secondary N) is 1. The van der Waals surface area contributed by atoms with Crippen LogP contribution >= 0.6 is 0 Å². The van der Waals surface area contributed by atoms with Crippen molar-refractivity contribution in [1.29, 1.82) is 0 Å². The highest BCUT2D eigenvalue weighted by atomic mass is 15.3. The van der Waals surface area contributed by atoms with E-state index in [1.54, 1.807) is 0 Å². The van der Waals surface area contributed by atoms with Crippen LogP contribution in [0.25, 0.3) is 5.65 Å². The second-order valence-corrected chi connectivity index (χ2v) is 6.21. The van der Waals surface area contributed by atoms with Gasteiger partial charge >= 0.3 is 0 Å². The lowest BCUT2D eigenvalue weighted by molar-refractivity contribution is 0.411. The quantitative estimate of drug-likeness (QED) is 0.898. The lowest BCUT2D eigenvalue weighted by Gasteiger charge is -2.25. The molecule has 2 aromatic rings. The number of fused-ring (bicyclic) bond motifs is 1. The van der Waals surface area contributed by atoms with Crippen LogP contribution in [0.4, 0.5) is 5.82 Å². The summed E-state index contributed by atoms with van der Waals surface area (Å²) in [6, 6.07) is 4.98. The minimum atomic E-state index is 0.341. The Morgan fingerprint density at radius 3 is 2.85 bits per heavy atom. The van der Waals surface area contributed by atoms with Crippen LogP contribution in [0, 0.1) is 0 Å². The second-order valence-electron chi connectivity index (χ2n) is 6.21. The Bertz CT molecular complexity index is 616. The Labute approximate surface area is 118 Å². The molecule has 0 amide bonds. The van der Waals surface area contributed by atoms with Crippen molar-refractivity contribution in [2.45, 2.75) is 56.5 Å². The first-order valence-electron chi connectivity index (χ1n) is 7.66. The first-order chi connectivity index (χ1) is 9.79. The third-order valence-corrected chi connectivity index (χ3v) is 4.73. The molecule has 5 heteroatoms. The van der Waals surface area contributed by atoms with E-state index in [0.717, 1.165) is 30.7 Å². The van der Waals surface area contributed by atoms with E-state index in [-0.39, 0.29) is 0 Å². The maximum Gasteiger partial charge on any atom is 0.157 e. The number of hydrogen-bond acceptors (Lipinski definition) is 4. The first-order valence-corrected chi connectivity index (χ1v) is 7.66. The van der Waals surface area contributed by atoms with Crippen LogP contribution in [0.5, 0.6) is 0 Å². The minimum absolute atomic E-state index is 0.341. The minimum Gasteiger partial charge on any atom is -0.367 e. The fourth-order valence-corrected chi connectivity index (χ4v) is 3.31. The van der Waals surface area contributed by atoms with Gasteiger partial charge in [0.2, 0.25) is 0 Å². The molecule has 2 aliphatic rings. The van der Waals surface area contributed by atoms with Gasteiger partial charge in [0.25, 0.3) is 0 Å². The molecule has 5 nitrogen and oxygen atoms in total. The van der Waals surface area contributed by atoms with E-state index in [1.165, 1.54) is 25.0 Å². The normalized spacial score (nSPS) is 26.9. The summed E-state index contributed by atoms with van der Waals surface area (Å²) in [7, 11) is 0. The average Bonchev–Trinajstić information content (AvgIpc) is 2.96. The van der Waals surface area contributed by atoms with Gasteiger partial charge in [-0.05, 0) is 32.1 Å². The Morgan fingerprint density at radius 1 is 1.25 bits per heavy atom. The van der Waals surface area contributed by atoms with Crippen LogP contribution in [0.3, 0.4) is 0 Å². The van der Waals surface area contributed by atoms with Crippen LogP contribution in [0.2, 0.25) is 0 Å². The van der Waals surface area contributed by atoms with E-state index in [9.17, 15) is 0 Å². The van der Waals surface area contributed by atoms with Crippen molar-refractivity contribution in [2.24, 2.45) is 5.73 Å². The molecule has 2 aliphatic carbocycles. The third kappa shape index (κ3) is 2.06. The molecule has 0 bridgehead atoms. The number of rotatable bonds is 3. The number of aromatic nitrogens is 3. The highest BCUT2D eigenvalue weighted by Crippen LogP contribution is 2.36. The maximum absolute atomic E-state index is 6.01. The highest BCUT2D eigenvalue weighted by Gasteiger charge is 2.25. The lowest BCUT2D eigenvalue weighted by Crippen LogP contribution is -2.22. The fourth-order valence-electron chi connectivity index (χ4n) is 3.31. The van der Waals surface area contributed by atoms with Crippen LogP contribution in [0.1, 0.15) is 50.1 Å². The molecule has 3 N–H and O–H groups in total. The highest BCUT2D eigenvalue weighted by molar-refractivity contribution is 5.50. The molecule has 0 spiro atoms. The molecule has 4 rings (SSSR count). The van der Waals surface area contributed by atoms with Gasteiger partial charge in [0, 0.05) is 35.8 Å². The molecule has 2 atom stereocenters. The second kappa shape index (κ2) is 4.74. The predicted octanol–water partition coefficient (Wildman–Crippen LogP) is 2.29. The molecule has 2 heterocycles. The van der Waals surface area contributed by atoms with E-state index in [1.807, 2.05) is 16.8 Å². The Morgan fingerprint density at radius 2 is 2.15 bits per heavy atom. The molecular formula is C15H21N5. The maximum atomic E-state index is 6.01. The van der Waals surface area contributed by atoms with Crippen LogP contribution in [-0.2, 0) is 0 Å². The summed E-state index contributed by atoms with van der Waals surface area (Å²) in [5.41, 5.74) is 8.17. The molecule has 0 unspecified atom stereocenters. The van der Waals surface area contributed by atoms with Crippen molar-refractivity contribution < 1.29 is 0 Å². The van der Waals surface area contributed by atoms with Crippen molar-refractivity contribution in [3.63, 3.8) is 0 Å². The van der Waals surface area contributed by atoms with Gasteiger partial charge < -0.3 is 11.1 Å². The first kappa shape index (κ1) is 12.1. The van der Waals surface area contributed by atoms with E-state index < -0.39 is 0 Å². The molecule has 106 valence electrons. The largest absolute Gasteiger partial charge is 0.367 e. The summed E-state index contributed by atoms with van der Waals surface area (Å²) in [6.45, 7) is 0. The molecular weight excluding hydrogens is 250 g/mol. The SMILES string of the molecule is N[C@@H]1CC[C@@H](Nc2cc(C3CCC3)nc3ccnn23)C1. The molecule has 2 aromatic heterocycles. The number of nitrogens with two attached hydrogens (primary N) is 1. The van der Waals surface area contributed by atoms with Gasteiger partial charge in [0.1, 0.15) is 5.82 Å². The van der Waals surface area contributed by atoms with Gasteiger partial charge in [-0.3, -0.25) is 0 Å². The molecule has 0 aromatic carbocycles. The summed E-state index contributed by atoms with van der Waals surface area (Å²) in [4.78, 5) is 4.74. The van der Waals surface area contributed by atoms with Crippen molar-refractivity contribution in [3.05, 3.63) is 24.0 Å². The summed E-state index contributed by atoms with van der Waals surface area (Å²) < 4.78 is 1.91. The zero-order valence-electron chi connectivity index (χ0n) is 11.6. The van der Waals surface area contributed by atoms with E-state index in [4.69, 9.17) is 10.7 Å². The molecule has 20 heavy (non-hydrogen) atoms. The molecule has 0 aliphatic heterocycles. The van der Waals surface area contributed by atoms with Crippen molar-refractivity contribution >= 4 is 11.5 Å². The third-order valence-electron chi connectivity index (χ3n) is 4.73. The number of nitrogens with zero attached hydrogens (tertiary/aromatic N) is 3. The van der Waals surface area contributed by atoms with Gasteiger partial charge in [-0.15, -0.1) is 0 Å². The van der Waals surface area contributed by atoms with E-state index in [0.29, 0.717) is 18.0 Å². The summed E-state index contributed by atoms with van der Waals surface area (Å²) in [5, 5.41) is 8.01. The molecule has 0 saturated heterocycles. The monoisotopic (exact) mass is 271 g/mol. The van der Waals surface area contributed by atoms with Crippen LogP contribution in [-0.4, -0.2) is 26.7 Å². The zero-order chi connectivity index (χ0) is 13.5. The summed E-state index contributed by atoms with van der Waals surface area (Å²) in [5.74, 6) is 1.71. The van der Waals surface area contributed by atoms with Gasteiger partial charge in [-0.2, -0.15) is 9.61 Å². The van der Waals surface area contributed by atoms with E-state index >= 15 is 0 Å². The summed E-state index contributed by atoms with van der Waals surface area (Å²) in [6.07, 6.45) is 8.99. The average molecular weight is 271 g/mol. The Kier molecular flexibility index (Phi) is 2.88. The summed E-state index contributed by atoms with van der Waals surface area (Å²) >= 11 is 0. The predicted molar refractivity (Wildman–Crippen MR) is 78.8 cm³/mol. The topological polar surface area (TPSA) is 68.2 Å². The fraction of sp³-hybridized carbons (Fsp3) is 0.600. The van der Waals surface area contributed by atoms with Gasteiger partial charge in [-0.25, -0.2) is 4.98 Å². The van der Waals surface area contributed by atoms with Crippen molar-refractivity contribution in [1.82, 2.24) is 14.6 Å². The van der Waals surface area contributed by atoms with Gasteiger partial charge in [0.05, 0.1) is 6.20 Å². The smallest absolute Gasteiger partial charge is 0.157 e. The van der Waals surface area contributed by atoms with Gasteiger partial charge in [-0.1, -0.05) is 6.42 Å².